The van der Waals surface area contributed by atoms with Crippen LogP contribution in [-0.2, 0) is 12.5 Å². The fraction of sp³-hybridized carbons (Fsp3) is 0.320. The molecule has 0 bridgehead atoms. The monoisotopic (exact) mass is 485 g/mol. The van der Waals surface area contributed by atoms with Crippen molar-refractivity contribution >= 4 is 39.5 Å². The van der Waals surface area contributed by atoms with Crippen LogP contribution in [0.4, 0.5) is 5.82 Å². The van der Waals surface area contributed by atoms with E-state index in [1.54, 1.807) is 4.68 Å². The fourth-order valence-corrected chi connectivity index (χ4v) is 6.24. The summed E-state index contributed by atoms with van der Waals surface area (Å²) in [6.07, 6.45) is 5.68. The quantitative estimate of drug-likeness (QED) is 0.401. The number of hydrogen-bond donors (Lipinski definition) is 2. The van der Waals surface area contributed by atoms with Crippen LogP contribution in [0.3, 0.4) is 0 Å². The second-order valence-corrected chi connectivity index (χ2v) is 10.1. The molecule has 0 radical (unpaired) electrons. The van der Waals surface area contributed by atoms with Gasteiger partial charge < -0.3 is 10.6 Å². The van der Waals surface area contributed by atoms with Gasteiger partial charge in [0.2, 0.25) is 0 Å². The van der Waals surface area contributed by atoms with Crippen LogP contribution in [0.15, 0.2) is 42.9 Å². The molecule has 9 nitrogen and oxygen atoms in total. The van der Waals surface area contributed by atoms with Crippen molar-refractivity contribution in [1.82, 2.24) is 34.9 Å². The number of aryl methyl sites for hydroxylation is 2. The predicted octanol–water partition coefficient (Wildman–Crippen LogP) is 3.23. The van der Waals surface area contributed by atoms with Crippen LogP contribution in [0.25, 0.3) is 33.3 Å². The topological polar surface area (TPSA) is 114 Å². The number of pyridine rings is 1. The largest absolute Gasteiger partial charge is 0.355 e. The maximum atomic E-state index is 6.72. The molecular formula is C25H24ClN9. The lowest BCUT2D eigenvalue weighted by molar-refractivity contribution is 0.538. The highest BCUT2D eigenvalue weighted by molar-refractivity contribution is 6.38. The Kier molecular flexibility index (Phi) is 4.29. The van der Waals surface area contributed by atoms with Gasteiger partial charge in [-0.05, 0) is 42.5 Å². The van der Waals surface area contributed by atoms with Crippen molar-refractivity contribution in [2.45, 2.75) is 12.3 Å². The predicted molar refractivity (Wildman–Crippen MR) is 135 cm³/mol. The van der Waals surface area contributed by atoms with Gasteiger partial charge in [0.15, 0.2) is 5.65 Å². The van der Waals surface area contributed by atoms with Gasteiger partial charge >= 0.3 is 0 Å². The summed E-state index contributed by atoms with van der Waals surface area (Å²) in [5.74, 6) is 1.79. The number of aromatic amines is 1. The van der Waals surface area contributed by atoms with Gasteiger partial charge in [0.05, 0.1) is 16.7 Å². The Bertz CT molecular complexity index is 1590. The van der Waals surface area contributed by atoms with Crippen molar-refractivity contribution < 1.29 is 0 Å². The first-order valence-corrected chi connectivity index (χ1v) is 12.1. The fourth-order valence-electron chi connectivity index (χ4n) is 5.95. The van der Waals surface area contributed by atoms with Crippen LogP contribution in [0.2, 0.25) is 5.02 Å². The highest BCUT2D eigenvalue weighted by Crippen LogP contribution is 2.62. The highest BCUT2D eigenvalue weighted by atomic mass is 35.5. The molecule has 1 aromatic carbocycles. The number of piperidine rings is 1. The zero-order valence-corrected chi connectivity index (χ0v) is 20.2. The van der Waals surface area contributed by atoms with E-state index in [1.165, 1.54) is 0 Å². The van der Waals surface area contributed by atoms with Crippen molar-refractivity contribution in [2.75, 3.05) is 24.5 Å². The summed E-state index contributed by atoms with van der Waals surface area (Å²) in [7, 11) is 1.88. The molecule has 176 valence electrons. The maximum absolute atomic E-state index is 6.72. The Labute approximate surface area is 206 Å². The number of hydrogen-bond acceptors (Lipinski definition) is 7. The summed E-state index contributed by atoms with van der Waals surface area (Å²) in [5.41, 5.74) is 12.2. The molecule has 0 unspecified atom stereocenters. The minimum absolute atomic E-state index is 0.0232. The van der Waals surface area contributed by atoms with Gasteiger partial charge in [-0.1, -0.05) is 17.7 Å². The van der Waals surface area contributed by atoms with E-state index in [-0.39, 0.29) is 5.41 Å². The Morgan fingerprint density at radius 1 is 1.14 bits per heavy atom. The molecular weight excluding hydrogens is 462 g/mol. The third-order valence-corrected chi connectivity index (χ3v) is 8.24. The summed E-state index contributed by atoms with van der Waals surface area (Å²) in [6, 6.07) is 8.14. The minimum Gasteiger partial charge on any atom is -0.355 e. The van der Waals surface area contributed by atoms with Crippen molar-refractivity contribution in [3.63, 3.8) is 0 Å². The van der Waals surface area contributed by atoms with Gasteiger partial charge in [-0.3, -0.25) is 14.8 Å². The smallest absolute Gasteiger partial charge is 0.177 e. The average Bonchev–Trinajstić information content (AvgIpc) is 3.31. The van der Waals surface area contributed by atoms with Crippen molar-refractivity contribution in [1.29, 1.82) is 0 Å². The highest BCUT2D eigenvalue weighted by Gasteiger charge is 2.69. The van der Waals surface area contributed by atoms with Crippen LogP contribution >= 0.6 is 11.6 Å². The van der Waals surface area contributed by atoms with E-state index in [0.717, 1.165) is 46.6 Å². The summed E-state index contributed by atoms with van der Waals surface area (Å²) in [4.78, 5) is 16.6. The van der Waals surface area contributed by atoms with Gasteiger partial charge in [0.25, 0.3) is 0 Å². The number of anilines is 1. The molecule has 5 aromatic rings. The summed E-state index contributed by atoms with van der Waals surface area (Å²) >= 11 is 6.72. The molecule has 2 aliphatic rings. The number of nitrogens with zero attached hydrogens (tertiary/aromatic N) is 7. The molecule has 5 heterocycles. The van der Waals surface area contributed by atoms with Gasteiger partial charge in [0.1, 0.15) is 17.0 Å². The molecule has 1 aliphatic carbocycles. The molecule has 1 saturated heterocycles. The van der Waals surface area contributed by atoms with E-state index < -0.39 is 0 Å². The number of H-pyrrole nitrogens is 1. The van der Waals surface area contributed by atoms with Crippen LogP contribution < -0.4 is 10.6 Å². The summed E-state index contributed by atoms with van der Waals surface area (Å²) in [6.45, 7) is 4.45. The van der Waals surface area contributed by atoms with Crippen LogP contribution in [0.5, 0.6) is 0 Å². The Morgan fingerprint density at radius 3 is 2.71 bits per heavy atom. The normalized spacial score (nSPS) is 23.4. The Hall–Kier alpha value is -3.56. The van der Waals surface area contributed by atoms with E-state index in [1.807, 2.05) is 37.8 Å². The second-order valence-electron chi connectivity index (χ2n) is 9.74. The Balaban J connectivity index is 1.17. The van der Waals surface area contributed by atoms with E-state index in [4.69, 9.17) is 32.3 Å². The molecule has 7 rings (SSSR count). The first kappa shape index (κ1) is 20.8. The molecule has 0 amide bonds. The number of halogens is 1. The molecule has 3 N–H and O–H groups in total. The molecule has 35 heavy (non-hydrogen) atoms. The van der Waals surface area contributed by atoms with Crippen molar-refractivity contribution in [2.24, 2.45) is 24.6 Å². The summed E-state index contributed by atoms with van der Waals surface area (Å²) in [5, 5.41) is 13.5. The number of rotatable bonds is 4. The minimum atomic E-state index is -0.0232. The molecule has 10 heteroatoms. The molecule has 3 atom stereocenters. The van der Waals surface area contributed by atoms with Gasteiger partial charge in [-0.25, -0.2) is 9.97 Å². The van der Waals surface area contributed by atoms with Crippen LogP contribution in [0.1, 0.15) is 11.3 Å². The van der Waals surface area contributed by atoms with E-state index in [0.29, 0.717) is 40.3 Å². The number of nitrogens with one attached hydrogen (secondary N) is 1. The van der Waals surface area contributed by atoms with Gasteiger partial charge in [0, 0.05) is 61.1 Å². The van der Waals surface area contributed by atoms with Gasteiger partial charge in [-0.2, -0.15) is 10.2 Å². The lowest BCUT2D eigenvalue weighted by Gasteiger charge is -2.26. The molecule has 4 aromatic heterocycles. The molecule has 1 saturated carbocycles. The molecule has 1 aliphatic heterocycles. The van der Waals surface area contributed by atoms with E-state index in [9.17, 15) is 0 Å². The first-order chi connectivity index (χ1) is 17.0. The SMILES string of the molecule is Cc1ccc([C@]2(CN)[C@@H]3CN(c4cnc5c(-c6ccc7nn(C)cc7c6Cl)n[nH]c5n4)C[C@@H]32)nc1. The molecule has 0 spiro atoms. The lowest BCUT2D eigenvalue weighted by Crippen LogP contribution is -2.35. The number of fused-ring (bicyclic) bond motifs is 3. The summed E-state index contributed by atoms with van der Waals surface area (Å²) < 4.78 is 1.75. The molecule has 2 fully saturated rings. The Morgan fingerprint density at radius 2 is 1.97 bits per heavy atom. The standard InChI is InChI=1S/C25H24ClN9/c1-13-3-6-19(28-7-13)25(12-27)16-10-35(11-17(16)25)20-8-29-23-22(31-32-24(23)30-20)14-4-5-18-15(21(14)26)9-34(2)33-18/h3-9,16-17H,10-12,27H2,1-2H3,(H,30,31,32)/t16-,17+,25-. The zero-order valence-electron chi connectivity index (χ0n) is 19.4. The van der Waals surface area contributed by atoms with E-state index >= 15 is 0 Å². The number of benzene rings is 1. The van der Waals surface area contributed by atoms with Gasteiger partial charge in [-0.15, -0.1) is 0 Å². The number of nitrogens with two attached hydrogens (primary N) is 1. The van der Waals surface area contributed by atoms with Crippen molar-refractivity contribution in [3.05, 3.63) is 59.1 Å². The second kappa shape index (κ2) is 7.22. The van der Waals surface area contributed by atoms with Crippen LogP contribution in [-0.4, -0.2) is 54.6 Å². The maximum Gasteiger partial charge on any atom is 0.177 e. The van der Waals surface area contributed by atoms with Crippen LogP contribution in [0, 0.1) is 18.8 Å². The number of aromatic nitrogens is 7. The third-order valence-electron chi connectivity index (χ3n) is 7.84. The average molecular weight is 486 g/mol. The van der Waals surface area contributed by atoms with E-state index in [2.05, 4.69) is 39.3 Å². The zero-order chi connectivity index (χ0) is 23.9. The third kappa shape index (κ3) is 2.88. The lowest BCUT2D eigenvalue weighted by atomic mass is 9.94. The first-order valence-electron chi connectivity index (χ1n) is 11.7. The van der Waals surface area contributed by atoms with Crippen molar-refractivity contribution in [3.8, 4) is 11.3 Å².